The quantitative estimate of drug-likeness (QED) is 0.0131. The summed E-state index contributed by atoms with van der Waals surface area (Å²) in [6, 6.07) is -12.1. The van der Waals surface area contributed by atoms with E-state index in [1.54, 1.807) is 20.8 Å². The van der Waals surface area contributed by atoms with Gasteiger partial charge in [-0.1, -0.05) is 47.0 Å². The Kier molecular flexibility index (Phi) is 31.4. The van der Waals surface area contributed by atoms with Gasteiger partial charge in [-0.2, -0.15) is 37.0 Å². The summed E-state index contributed by atoms with van der Waals surface area (Å²) in [5.41, 5.74) is 22.7. The van der Waals surface area contributed by atoms with Gasteiger partial charge in [0.05, 0.1) is 12.1 Å². The number of likely N-dealkylation sites (tertiary alicyclic amines) is 2. The van der Waals surface area contributed by atoms with Crippen molar-refractivity contribution in [3.8, 4) is 0 Å². The molecule has 0 spiro atoms. The summed E-state index contributed by atoms with van der Waals surface area (Å²) in [6.07, 6.45) is 4.28. The van der Waals surface area contributed by atoms with Crippen LogP contribution in [-0.4, -0.2) is 201 Å². The number of hydrogen-bond acceptors (Lipinski definition) is 17. The predicted molar refractivity (Wildman–Crippen MR) is 303 cm³/mol. The van der Waals surface area contributed by atoms with Gasteiger partial charge >= 0.3 is 5.97 Å². The molecule has 2 fully saturated rings. The lowest BCUT2D eigenvalue weighted by molar-refractivity contribution is -0.145. The SMILES string of the molecule is CC[C@H](C)[C@H](NC(=O)[C@@H](N)CCCCN)C(=O)N[C@H](C(=O)N[C@@H](CCCN=C(N)N)C(=O)N[C@@H](CS)C(=O)N1CCC[C@H]1C(=O)N[C@@H](CCSC)C(=O)N[C@H](C(=O)N1CCC[C@H]1C(=O)N[C@@H](CS)C(=O)O)[C@@H](C)CC)[C@@H](C)O. The molecule has 2 aliphatic heterocycles. The van der Waals surface area contributed by atoms with Crippen LogP contribution >= 0.6 is 37.0 Å². The van der Waals surface area contributed by atoms with Crippen LogP contribution in [0.2, 0.25) is 0 Å². The minimum Gasteiger partial charge on any atom is -0.480 e. The van der Waals surface area contributed by atoms with Crippen LogP contribution < -0.4 is 60.2 Å². The molecule has 2 saturated heterocycles. The second-order valence-electron chi connectivity index (χ2n) is 19.9. The Hall–Kier alpha value is -5.10. The second kappa shape index (κ2) is 35.5. The molecule has 2 aliphatic rings. The number of unbranched alkanes of at least 4 members (excludes halogenated alkanes) is 1. The molecule has 29 heteroatoms. The molecule has 0 saturated carbocycles. The topological polar surface area (TPSA) is 418 Å². The Morgan fingerprint density at radius 3 is 1.63 bits per heavy atom. The highest BCUT2D eigenvalue weighted by Gasteiger charge is 2.43. The number of carboxylic acids is 1. The third-order valence-corrected chi connectivity index (χ3v) is 15.4. The molecule has 2 rings (SSSR count). The summed E-state index contributed by atoms with van der Waals surface area (Å²) in [7, 11) is 0. The predicted octanol–water partition coefficient (Wildman–Crippen LogP) is -2.96. The van der Waals surface area contributed by atoms with E-state index in [2.05, 4.69) is 67.5 Å². The van der Waals surface area contributed by atoms with Crippen LogP contribution in [0.3, 0.4) is 0 Å². The van der Waals surface area contributed by atoms with E-state index in [1.165, 1.54) is 28.5 Å². The van der Waals surface area contributed by atoms with E-state index in [9.17, 15) is 58.2 Å². The lowest BCUT2D eigenvalue weighted by atomic mass is 9.96. The zero-order chi connectivity index (χ0) is 58.8. The summed E-state index contributed by atoms with van der Waals surface area (Å²) in [4.78, 5) is 143. The standard InChI is InChI=1S/C49H88N14O12S3/c1-7-26(3)36(59-39(65)29(51)14-9-10-19-50)44(70)61-38(28(5)64)45(71)56-30(15-11-20-54-49(52)53)40(66)57-32(24-76)46(72)62-21-12-16-34(62)42(68)55-31(18-23-78-6)41(67)60-37(27(4)8-2)47(73)63-22-13-17-35(63)43(69)58-33(25-77)48(74)75/h26-38,64,76-77H,7-25,50-51H2,1-6H3,(H,55,68)(H,56,71)(H,57,66)(H,58,69)(H,59,65)(H,60,67)(H,61,70)(H,74,75)(H4,52,53,54)/t26-,27-,28+,29-,30-,31-,32-,33-,34-,35-,36-,37-,38-/m0/s1. The number of carbonyl (C=O) groups is 10. The Morgan fingerprint density at radius 2 is 1.12 bits per heavy atom. The van der Waals surface area contributed by atoms with Crippen molar-refractivity contribution < 1.29 is 58.2 Å². The molecule has 78 heavy (non-hydrogen) atoms. The molecule has 0 aromatic heterocycles. The summed E-state index contributed by atoms with van der Waals surface area (Å²) in [6.45, 7) is 9.12. The zero-order valence-electron chi connectivity index (χ0n) is 45.9. The van der Waals surface area contributed by atoms with Crippen LogP contribution in [0.5, 0.6) is 0 Å². The number of aliphatic imine (C=N–C) groups is 1. The van der Waals surface area contributed by atoms with Gasteiger partial charge in [0.15, 0.2) is 5.96 Å². The van der Waals surface area contributed by atoms with Crippen molar-refractivity contribution in [2.24, 2.45) is 39.8 Å². The van der Waals surface area contributed by atoms with Crippen LogP contribution in [0, 0.1) is 11.8 Å². The molecule has 0 radical (unpaired) electrons. The third kappa shape index (κ3) is 21.5. The number of nitrogens with zero attached hydrogens (tertiary/aromatic N) is 3. The molecule has 0 aromatic carbocycles. The highest BCUT2D eigenvalue weighted by atomic mass is 32.2. The number of thioether (sulfide) groups is 1. The third-order valence-electron chi connectivity index (χ3n) is 14.0. The van der Waals surface area contributed by atoms with E-state index >= 15 is 0 Å². The Balaban J connectivity index is 2.33. The van der Waals surface area contributed by atoms with Crippen molar-refractivity contribution in [3.63, 3.8) is 0 Å². The molecular formula is C49H88N14O12S3. The van der Waals surface area contributed by atoms with E-state index in [0.29, 0.717) is 57.2 Å². The van der Waals surface area contributed by atoms with Gasteiger partial charge in [-0.25, -0.2) is 4.79 Å². The summed E-state index contributed by atoms with van der Waals surface area (Å²) in [5, 5.41) is 38.7. The number of nitrogens with one attached hydrogen (secondary N) is 7. The van der Waals surface area contributed by atoms with Gasteiger partial charge in [0, 0.05) is 31.1 Å². The first-order valence-corrected chi connectivity index (χ1v) is 29.4. The van der Waals surface area contributed by atoms with Gasteiger partial charge in [0.1, 0.15) is 54.4 Å². The first-order chi connectivity index (χ1) is 36.9. The van der Waals surface area contributed by atoms with E-state index in [-0.39, 0.29) is 69.2 Å². The number of amides is 9. The van der Waals surface area contributed by atoms with Crippen molar-refractivity contribution in [2.75, 3.05) is 49.7 Å². The normalized spacial score (nSPS) is 19.4. The Morgan fingerprint density at radius 1 is 0.628 bits per heavy atom. The van der Waals surface area contributed by atoms with Crippen LogP contribution in [0.1, 0.15) is 112 Å². The lowest BCUT2D eigenvalue weighted by Crippen LogP contribution is -2.62. The fourth-order valence-electron chi connectivity index (χ4n) is 8.89. The number of aliphatic hydroxyl groups excluding tert-OH is 1. The number of rotatable bonds is 35. The van der Waals surface area contributed by atoms with E-state index in [4.69, 9.17) is 22.9 Å². The van der Waals surface area contributed by atoms with Gasteiger partial charge in [0.2, 0.25) is 53.2 Å². The van der Waals surface area contributed by atoms with E-state index in [1.807, 2.05) is 13.2 Å². The fourth-order valence-corrected chi connectivity index (χ4v) is 9.86. The smallest absolute Gasteiger partial charge is 0.327 e. The van der Waals surface area contributed by atoms with Crippen molar-refractivity contribution in [1.29, 1.82) is 0 Å². The van der Waals surface area contributed by atoms with Gasteiger partial charge in [-0.15, -0.1) is 0 Å². The molecule has 444 valence electrons. The molecule has 0 unspecified atom stereocenters. The van der Waals surface area contributed by atoms with E-state index in [0.717, 1.165) is 0 Å². The second-order valence-corrected chi connectivity index (χ2v) is 21.6. The van der Waals surface area contributed by atoms with Crippen LogP contribution in [0.15, 0.2) is 4.99 Å². The Labute approximate surface area is 473 Å². The number of carboxylic acid groups (broad SMARTS) is 1. The maximum atomic E-state index is 14.3. The molecular weight excluding hydrogens is 1070 g/mol. The van der Waals surface area contributed by atoms with Crippen molar-refractivity contribution >= 4 is 102 Å². The molecule has 0 aliphatic carbocycles. The lowest BCUT2D eigenvalue weighted by Gasteiger charge is -2.33. The Bertz CT molecular complexity index is 2060. The minimum atomic E-state index is -1.63. The monoisotopic (exact) mass is 1160 g/mol. The average Bonchev–Trinajstić information content (AvgIpc) is 4.12. The molecule has 17 N–H and O–H groups in total. The summed E-state index contributed by atoms with van der Waals surface area (Å²) in [5.74, 6) is -8.77. The van der Waals surface area contributed by atoms with Crippen LogP contribution in [0.4, 0.5) is 0 Å². The van der Waals surface area contributed by atoms with Crippen molar-refractivity contribution in [3.05, 3.63) is 0 Å². The first kappa shape index (κ1) is 69.0. The highest BCUT2D eigenvalue weighted by Crippen LogP contribution is 2.23. The molecule has 0 aromatic rings. The number of guanidine groups is 1. The fraction of sp³-hybridized carbons (Fsp3) is 0.776. The number of hydrogen-bond donors (Lipinski definition) is 15. The largest absolute Gasteiger partial charge is 0.480 e. The number of nitrogens with two attached hydrogens (primary N) is 4. The maximum Gasteiger partial charge on any atom is 0.327 e. The van der Waals surface area contributed by atoms with E-state index < -0.39 is 137 Å². The van der Waals surface area contributed by atoms with Crippen LogP contribution in [0.25, 0.3) is 0 Å². The zero-order valence-corrected chi connectivity index (χ0v) is 48.5. The molecule has 0 bridgehead atoms. The summed E-state index contributed by atoms with van der Waals surface area (Å²) < 4.78 is 0. The maximum absolute atomic E-state index is 14.3. The average molecular weight is 1160 g/mol. The molecule has 13 atom stereocenters. The van der Waals surface area contributed by atoms with Gasteiger partial charge in [-0.05, 0) is 95.1 Å². The minimum absolute atomic E-state index is 0.0401. The van der Waals surface area contributed by atoms with Gasteiger partial charge < -0.3 is 80.2 Å². The highest BCUT2D eigenvalue weighted by molar-refractivity contribution is 7.98. The molecule has 26 nitrogen and oxygen atoms in total. The number of carbonyl (C=O) groups excluding carboxylic acids is 9. The number of aliphatic hydroxyl groups is 1. The first-order valence-electron chi connectivity index (χ1n) is 26.8. The summed E-state index contributed by atoms with van der Waals surface area (Å²) >= 11 is 9.79. The molecule has 2 heterocycles. The number of thiol groups is 2. The van der Waals surface area contributed by atoms with Crippen molar-refractivity contribution in [1.82, 2.24) is 47.0 Å². The van der Waals surface area contributed by atoms with Gasteiger partial charge in [-0.3, -0.25) is 48.1 Å². The van der Waals surface area contributed by atoms with Gasteiger partial charge in [0.25, 0.3) is 0 Å². The number of aliphatic carboxylic acids is 1. The van der Waals surface area contributed by atoms with Crippen LogP contribution in [-0.2, 0) is 47.9 Å². The molecule has 9 amide bonds. The van der Waals surface area contributed by atoms with Crippen molar-refractivity contribution in [2.45, 2.75) is 178 Å².